The average Bonchev–Trinajstić information content (AvgIpc) is 3.07. The fourth-order valence-corrected chi connectivity index (χ4v) is 2.50. The van der Waals surface area contributed by atoms with E-state index in [1.54, 1.807) is 17.0 Å². The third-order valence-corrected chi connectivity index (χ3v) is 3.70. The van der Waals surface area contributed by atoms with E-state index in [4.69, 9.17) is 4.42 Å². The van der Waals surface area contributed by atoms with Crippen molar-refractivity contribution in [2.75, 3.05) is 31.5 Å². The molecule has 24 heavy (non-hydrogen) atoms. The van der Waals surface area contributed by atoms with Gasteiger partial charge in [0.2, 0.25) is 0 Å². The molecule has 0 radical (unpaired) electrons. The number of furan rings is 1. The Kier molecular flexibility index (Phi) is 4.45. The highest BCUT2D eigenvalue weighted by atomic mass is 19.1. The Morgan fingerprint density at radius 1 is 1.00 bits per heavy atom. The van der Waals surface area contributed by atoms with Gasteiger partial charge in [-0.2, -0.15) is 0 Å². The molecule has 1 saturated heterocycles. The lowest BCUT2D eigenvalue weighted by Crippen LogP contribution is -2.51. The Morgan fingerprint density at radius 3 is 2.21 bits per heavy atom. The largest absolute Gasteiger partial charge is 0.459 e. The van der Waals surface area contributed by atoms with Crippen LogP contribution in [0.4, 0.5) is 19.3 Å². The summed E-state index contributed by atoms with van der Waals surface area (Å²) in [7, 11) is 0. The molecule has 3 amide bonds. The fraction of sp³-hybridized carbons (Fsp3) is 0.250. The number of piperazine rings is 1. The van der Waals surface area contributed by atoms with Gasteiger partial charge in [0.25, 0.3) is 5.91 Å². The number of nitrogens with zero attached hydrogens (tertiary/aromatic N) is 2. The topological polar surface area (TPSA) is 65.8 Å². The summed E-state index contributed by atoms with van der Waals surface area (Å²) in [4.78, 5) is 27.3. The molecule has 1 aliphatic heterocycles. The second-order valence-corrected chi connectivity index (χ2v) is 5.34. The van der Waals surface area contributed by atoms with E-state index >= 15 is 0 Å². The van der Waals surface area contributed by atoms with Crippen LogP contribution in [0.3, 0.4) is 0 Å². The Labute approximate surface area is 136 Å². The molecule has 0 spiro atoms. The average molecular weight is 335 g/mol. The third-order valence-electron chi connectivity index (χ3n) is 3.70. The summed E-state index contributed by atoms with van der Waals surface area (Å²) in [5.74, 6) is -1.51. The highest BCUT2D eigenvalue weighted by Crippen LogP contribution is 2.15. The maximum Gasteiger partial charge on any atom is 0.321 e. The highest BCUT2D eigenvalue weighted by Gasteiger charge is 2.26. The van der Waals surface area contributed by atoms with E-state index in [1.807, 2.05) is 0 Å². The first-order valence-corrected chi connectivity index (χ1v) is 7.38. The lowest BCUT2D eigenvalue weighted by atomic mass is 10.3. The minimum atomic E-state index is -0.765. The number of nitrogens with one attached hydrogen (secondary N) is 1. The molecule has 1 fully saturated rings. The second kappa shape index (κ2) is 6.69. The first-order chi connectivity index (χ1) is 11.5. The van der Waals surface area contributed by atoms with Crippen LogP contribution < -0.4 is 5.32 Å². The van der Waals surface area contributed by atoms with Gasteiger partial charge in [-0.15, -0.1) is 0 Å². The zero-order chi connectivity index (χ0) is 17.1. The Morgan fingerprint density at radius 2 is 1.62 bits per heavy atom. The summed E-state index contributed by atoms with van der Waals surface area (Å²) < 4.78 is 31.3. The molecular formula is C16H15F2N3O3. The van der Waals surface area contributed by atoms with Gasteiger partial charge in [0.05, 0.1) is 6.26 Å². The normalized spacial score (nSPS) is 14.6. The Bertz CT molecular complexity index is 721. The zero-order valence-electron chi connectivity index (χ0n) is 12.7. The molecule has 126 valence electrons. The standard InChI is InChI=1S/C16H15F2N3O3/c17-11-8-12(18)10-13(9-11)19-16(23)21-5-3-20(4-6-21)15(22)14-2-1-7-24-14/h1-2,7-10H,3-6H2,(H,19,23). The van der Waals surface area contributed by atoms with Gasteiger partial charge in [0.1, 0.15) is 11.6 Å². The fourth-order valence-electron chi connectivity index (χ4n) is 2.50. The van der Waals surface area contributed by atoms with Crippen LogP contribution in [0, 0.1) is 11.6 Å². The monoisotopic (exact) mass is 335 g/mol. The van der Waals surface area contributed by atoms with E-state index in [9.17, 15) is 18.4 Å². The quantitative estimate of drug-likeness (QED) is 0.917. The molecule has 1 aromatic heterocycles. The van der Waals surface area contributed by atoms with E-state index in [0.29, 0.717) is 26.2 Å². The minimum absolute atomic E-state index is 0.0478. The van der Waals surface area contributed by atoms with Crippen molar-refractivity contribution in [3.8, 4) is 0 Å². The summed E-state index contributed by atoms with van der Waals surface area (Å²) in [6.45, 7) is 1.33. The third kappa shape index (κ3) is 3.53. The molecule has 0 unspecified atom stereocenters. The van der Waals surface area contributed by atoms with Crippen molar-refractivity contribution in [3.05, 3.63) is 54.0 Å². The van der Waals surface area contributed by atoms with Gasteiger partial charge < -0.3 is 19.5 Å². The van der Waals surface area contributed by atoms with Gasteiger partial charge in [0, 0.05) is 37.9 Å². The van der Waals surface area contributed by atoms with Crippen LogP contribution in [0.1, 0.15) is 10.6 Å². The number of carbonyl (C=O) groups is 2. The highest BCUT2D eigenvalue weighted by molar-refractivity contribution is 5.92. The molecular weight excluding hydrogens is 320 g/mol. The minimum Gasteiger partial charge on any atom is -0.459 e. The predicted molar refractivity (Wildman–Crippen MR) is 81.6 cm³/mol. The lowest BCUT2D eigenvalue weighted by molar-refractivity contribution is 0.0640. The molecule has 2 heterocycles. The van der Waals surface area contributed by atoms with Gasteiger partial charge >= 0.3 is 6.03 Å². The predicted octanol–water partition coefficient (Wildman–Crippen LogP) is 2.55. The summed E-state index contributed by atoms with van der Waals surface area (Å²) in [6.07, 6.45) is 1.43. The van der Waals surface area contributed by atoms with Crippen molar-refractivity contribution in [1.82, 2.24) is 9.80 Å². The molecule has 0 atom stereocenters. The molecule has 6 nitrogen and oxygen atoms in total. The van der Waals surface area contributed by atoms with Gasteiger partial charge in [0.15, 0.2) is 5.76 Å². The molecule has 1 aliphatic rings. The SMILES string of the molecule is O=C(Nc1cc(F)cc(F)c1)N1CCN(C(=O)c2ccco2)CC1. The number of anilines is 1. The number of urea groups is 1. The van der Waals surface area contributed by atoms with Crippen molar-refractivity contribution in [3.63, 3.8) is 0 Å². The van der Waals surface area contributed by atoms with E-state index in [1.165, 1.54) is 11.2 Å². The van der Waals surface area contributed by atoms with Crippen LogP contribution in [-0.2, 0) is 0 Å². The van der Waals surface area contributed by atoms with Crippen molar-refractivity contribution < 1.29 is 22.8 Å². The summed E-state index contributed by atoms with van der Waals surface area (Å²) in [5, 5.41) is 2.45. The van der Waals surface area contributed by atoms with Gasteiger partial charge in [-0.05, 0) is 24.3 Å². The number of amides is 3. The molecule has 0 aliphatic carbocycles. The van der Waals surface area contributed by atoms with Crippen molar-refractivity contribution >= 4 is 17.6 Å². The summed E-state index contributed by atoms with van der Waals surface area (Å²) in [5.41, 5.74) is 0.0478. The number of halogens is 2. The van der Waals surface area contributed by atoms with Crippen LogP contribution >= 0.6 is 0 Å². The number of hydrogen-bond donors (Lipinski definition) is 1. The number of carbonyl (C=O) groups excluding carboxylic acids is 2. The van der Waals surface area contributed by atoms with Crippen LogP contribution in [0.15, 0.2) is 41.0 Å². The van der Waals surface area contributed by atoms with Crippen molar-refractivity contribution in [1.29, 1.82) is 0 Å². The van der Waals surface area contributed by atoms with Crippen molar-refractivity contribution in [2.45, 2.75) is 0 Å². The molecule has 1 aromatic carbocycles. The first kappa shape index (κ1) is 16.0. The number of hydrogen-bond acceptors (Lipinski definition) is 3. The van der Waals surface area contributed by atoms with Gasteiger partial charge in [-0.1, -0.05) is 0 Å². The Balaban J connectivity index is 1.56. The Hall–Kier alpha value is -2.90. The van der Waals surface area contributed by atoms with E-state index in [0.717, 1.165) is 18.2 Å². The molecule has 1 N–H and O–H groups in total. The number of rotatable bonds is 2. The van der Waals surface area contributed by atoms with Gasteiger partial charge in [-0.25, -0.2) is 13.6 Å². The van der Waals surface area contributed by atoms with Gasteiger partial charge in [-0.3, -0.25) is 4.79 Å². The molecule has 3 rings (SSSR count). The van der Waals surface area contributed by atoms with Crippen molar-refractivity contribution in [2.24, 2.45) is 0 Å². The van der Waals surface area contributed by atoms with E-state index in [2.05, 4.69) is 5.32 Å². The van der Waals surface area contributed by atoms with Crippen LogP contribution in [0.2, 0.25) is 0 Å². The number of benzene rings is 1. The van der Waals surface area contributed by atoms with Crippen LogP contribution in [-0.4, -0.2) is 47.9 Å². The van der Waals surface area contributed by atoms with Crippen LogP contribution in [0.5, 0.6) is 0 Å². The summed E-state index contributed by atoms with van der Waals surface area (Å²) >= 11 is 0. The van der Waals surface area contributed by atoms with Crippen LogP contribution in [0.25, 0.3) is 0 Å². The molecule has 0 bridgehead atoms. The zero-order valence-corrected chi connectivity index (χ0v) is 12.7. The molecule has 2 aromatic rings. The lowest BCUT2D eigenvalue weighted by Gasteiger charge is -2.34. The summed E-state index contributed by atoms with van der Waals surface area (Å²) in [6, 6.07) is 5.56. The maximum absolute atomic E-state index is 13.1. The van der Waals surface area contributed by atoms with E-state index in [-0.39, 0.29) is 17.4 Å². The first-order valence-electron chi connectivity index (χ1n) is 7.38. The van der Waals surface area contributed by atoms with E-state index < -0.39 is 17.7 Å². The molecule has 0 saturated carbocycles. The smallest absolute Gasteiger partial charge is 0.321 e. The molecule has 8 heteroatoms. The maximum atomic E-state index is 13.1. The second-order valence-electron chi connectivity index (χ2n) is 5.34.